The maximum atomic E-state index is 12.1. The molecule has 8 nitrogen and oxygen atoms in total. The highest BCUT2D eigenvalue weighted by atomic mass is 16.6. The van der Waals surface area contributed by atoms with Crippen LogP contribution in [-0.2, 0) is 6.54 Å². The van der Waals surface area contributed by atoms with Crippen molar-refractivity contribution in [3.8, 4) is 11.3 Å². The number of non-ortho nitro benzene ring substituents is 1. The van der Waals surface area contributed by atoms with Gasteiger partial charge in [0.25, 0.3) is 11.2 Å². The summed E-state index contributed by atoms with van der Waals surface area (Å²) in [6.45, 7) is 0.0658. The number of para-hydroxylation sites is 2. The summed E-state index contributed by atoms with van der Waals surface area (Å²) < 4.78 is 6.84. The maximum absolute atomic E-state index is 12.1. The van der Waals surface area contributed by atoms with Crippen LogP contribution in [0.2, 0.25) is 0 Å². The van der Waals surface area contributed by atoms with Crippen molar-refractivity contribution in [1.82, 2.24) is 14.8 Å². The standard InChI is InChI=1S/C18H12N4O4/c23-18-9-8-14(12-4-3-5-13(10-12)22(24)25)20-21(18)11-17-19-15-6-1-2-7-16(15)26-17/h1-10H,11H2. The van der Waals surface area contributed by atoms with E-state index in [2.05, 4.69) is 10.1 Å². The van der Waals surface area contributed by atoms with Crippen molar-refractivity contribution in [2.24, 2.45) is 0 Å². The molecule has 0 fully saturated rings. The third-order valence-corrected chi connectivity index (χ3v) is 3.84. The molecule has 26 heavy (non-hydrogen) atoms. The Bertz CT molecular complexity index is 1150. The fraction of sp³-hybridized carbons (Fsp3) is 0.0556. The number of fused-ring (bicyclic) bond motifs is 1. The first-order valence-corrected chi connectivity index (χ1v) is 7.77. The molecule has 0 amide bonds. The second-order valence-corrected chi connectivity index (χ2v) is 5.60. The lowest BCUT2D eigenvalue weighted by molar-refractivity contribution is -0.384. The van der Waals surface area contributed by atoms with Crippen LogP contribution in [0.5, 0.6) is 0 Å². The summed E-state index contributed by atoms with van der Waals surface area (Å²) in [5.74, 6) is 0.358. The Morgan fingerprint density at radius 2 is 1.92 bits per heavy atom. The van der Waals surface area contributed by atoms with Gasteiger partial charge in [0.05, 0.1) is 10.6 Å². The number of nitro groups is 1. The zero-order valence-electron chi connectivity index (χ0n) is 13.4. The van der Waals surface area contributed by atoms with Crippen LogP contribution in [0.1, 0.15) is 5.89 Å². The van der Waals surface area contributed by atoms with Gasteiger partial charge in [0.2, 0.25) is 5.89 Å². The van der Waals surface area contributed by atoms with Crippen LogP contribution >= 0.6 is 0 Å². The summed E-state index contributed by atoms with van der Waals surface area (Å²) in [6, 6.07) is 16.3. The molecule has 0 aliphatic heterocycles. The Labute approximate surface area is 146 Å². The third kappa shape index (κ3) is 2.95. The van der Waals surface area contributed by atoms with E-state index in [0.29, 0.717) is 28.2 Å². The molecule has 0 N–H and O–H groups in total. The summed E-state index contributed by atoms with van der Waals surface area (Å²) in [5.41, 5.74) is 1.97. The average molecular weight is 348 g/mol. The third-order valence-electron chi connectivity index (χ3n) is 3.84. The van der Waals surface area contributed by atoms with Crippen LogP contribution in [-0.4, -0.2) is 19.7 Å². The molecule has 4 aromatic rings. The predicted molar refractivity (Wildman–Crippen MR) is 93.7 cm³/mol. The van der Waals surface area contributed by atoms with Crippen LogP contribution in [0.4, 0.5) is 5.69 Å². The molecule has 2 aromatic carbocycles. The highest BCUT2D eigenvalue weighted by Crippen LogP contribution is 2.21. The van der Waals surface area contributed by atoms with E-state index in [1.807, 2.05) is 18.2 Å². The number of nitrogens with zero attached hydrogens (tertiary/aromatic N) is 4. The Morgan fingerprint density at radius 3 is 2.73 bits per heavy atom. The lowest BCUT2D eigenvalue weighted by Crippen LogP contribution is -2.23. The summed E-state index contributed by atoms with van der Waals surface area (Å²) >= 11 is 0. The van der Waals surface area contributed by atoms with Crippen LogP contribution in [0, 0.1) is 10.1 Å². The van der Waals surface area contributed by atoms with Crippen molar-refractivity contribution in [1.29, 1.82) is 0 Å². The van der Waals surface area contributed by atoms with Crippen molar-refractivity contribution in [2.75, 3.05) is 0 Å². The van der Waals surface area contributed by atoms with Crippen LogP contribution in [0.15, 0.2) is 69.9 Å². The number of oxazole rings is 1. The molecule has 128 valence electrons. The monoisotopic (exact) mass is 348 g/mol. The summed E-state index contributed by atoms with van der Waals surface area (Å²) in [7, 11) is 0. The topological polar surface area (TPSA) is 104 Å². The highest BCUT2D eigenvalue weighted by Gasteiger charge is 2.11. The molecule has 0 bridgehead atoms. The van der Waals surface area contributed by atoms with Gasteiger partial charge in [-0.25, -0.2) is 9.67 Å². The molecule has 2 aromatic heterocycles. The van der Waals surface area contributed by atoms with Crippen molar-refractivity contribution >= 4 is 16.8 Å². The van der Waals surface area contributed by atoms with E-state index in [4.69, 9.17) is 4.42 Å². The van der Waals surface area contributed by atoms with Crippen molar-refractivity contribution in [3.05, 3.63) is 87.0 Å². The van der Waals surface area contributed by atoms with Crippen molar-refractivity contribution < 1.29 is 9.34 Å². The first-order chi connectivity index (χ1) is 12.6. The minimum absolute atomic E-state index is 0.0407. The number of hydrogen-bond donors (Lipinski definition) is 0. The van der Waals surface area contributed by atoms with E-state index < -0.39 is 4.92 Å². The summed E-state index contributed by atoms with van der Waals surface area (Å²) in [5, 5.41) is 15.2. The zero-order chi connectivity index (χ0) is 18.1. The Morgan fingerprint density at radius 1 is 1.08 bits per heavy atom. The lowest BCUT2D eigenvalue weighted by atomic mass is 10.1. The minimum atomic E-state index is -0.474. The van der Waals surface area contributed by atoms with Gasteiger partial charge in [0.15, 0.2) is 5.58 Å². The molecular weight excluding hydrogens is 336 g/mol. The van der Waals surface area contributed by atoms with Crippen LogP contribution in [0.25, 0.3) is 22.4 Å². The van der Waals surface area contributed by atoms with Gasteiger partial charge in [0.1, 0.15) is 12.1 Å². The second-order valence-electron chi connectivity index (χ2n) is 5.60. The largest absolute Gasteiger partial charge is 0.439 e. The van der Waals surface area contributed by atoms with Gasteiger partial charge in [-0.05, 0) is 18.2 Å². The van der Waals surface area contributed by atoms with Gasteiger partial charge in [-0.1, -0.05) is 24.3 Å². The summed E-state index contributed by atoms with van der Waals surface area (Å²) in [6.07, 6.45) is 0. The minimum Gasteiger partial charge on any atom is -0.439 e. The SMILES string of the molecule is O=c1ccc(-c2cccc([N+](=O)[O-])c2)nn1Cc1nc2ccccc2o1. The van der Waals surface area contributed by atoms with E-state index in [-0.39, 0.29) is 17.8 Å². The van der Waals surface area contributed by atoms with E-state index in [9.17, 15) is 14.9 Å². The molecule has 0 atom stereocenters. The zero-order valence-corrected chi connectivity index (χ0v) is 13.4. The van der Waals surface area contributed by atoms with Gasteiger partial charge >= 0.3 is 0 Å². The molecule has 4 rings (SSSR count). The van der Waals surface area contributed by atoms with Crippen molar-refractivity contribution in [2.45, 2.75) is 6.54 Å². The van der Waals surface area contributed by atoms with E-state index in [1.54, 1.807) is 18.2 Å². The molecule has 0 aliphatic carbocycles. The van der Waals surface area contributed by atoms with E-state index in [1.165, 1.54) is 28.9 Å². The van der Waals surface area contributed by atoms with Crippen LogP contribution < -0.4 is 5.56 Å². The fourth-order valence-electron chi connectivity index (χ4n) is 2.61. The van der Waals surface area contributed by atoms with Crippen LogP contribution in [0.3, 0.4) is 0 Å². The molecule has 0 radical (unpaired) electrons. The van der Waals surface area contributed by atoms with E-state index in [0.717, 1.165) is 0 Å². The number of nitro benzene ring substituents is 1. The quantitative estimate of drug-likeness (QED) is 0.415. The molecule has 0 saturated heterocycles. The Balaban J connectivity index is 1.71. The lowest BCUT2D eigenvalue weighted by Gasteiger charge is -2.05. The van der Waals surface area contributed by atoms with Gasteiger partial charge in [0, 0.05) is 23.8 Å². The van der Waals surface area contributed by atoms with Gasteiger partial charge in [-0.3, -0.25) is 14.9 Å². The summed E-state index contributed by atoms with van der Waals surface area (Å²) in [4.78, 5) is 26.9. The fourth-order valence-corrected chi connectivity index (χ4v) is 2.61. The van der Waals surface area contributed by atoms with Gasteiger partial charge in [-0.2, -0.15) is 5.10 Å². The molecule has 2 heterocycles. The Hall–Kier alpha value is -3.81. The molecule has 0 saturated carbocycles. The normalized spacial score (nSPS) is 10.9. The maximum Gasteiger partial charge on any atom is 0.270 e. The predicted octanol–water partition coefficient (Wildman–Crippen LogP) is 3.01. The molecule has 0 aliphatic rings. The first-order valence-electron chi connectivity index (χ1n) is 7.77. The van der Waals surface area contributed by atoms with Gasteiger partial charge in [-0.15, -0.1) is 0 Å². The van der Waals surface area contributed by atoms with E-state index >= 15 is 0 Å². The Kier molecular flexibility index (Phi) is 3.77. The first kappa shape index (κ1) is 15.7. The van der Waals surface area contributed by atoms with Gasteiger partial charge < -0.3 is 4.42 Å². The highest BCUT2D eigenvalue weighted by molar-refractivity contribution is 5.72. The number of aromatic nitrogens is 3. The second kappa shape index (κ2) is 6.25. The molecule has 0 spiro atoms. The smallest absolute Gasteiger partial charge is 0.270 e. The number of hydrogen-bond acceptors (Lipinski definition) is 6. The molecular formula is C18H12N4O4. The van der Waals surface area contributed by atoms with Crippen molar-refractivity contribution in [3.63, 3.8) is 0 Å². The molecule has 0 unspecified atom stereocenters. The average Bonchev–Trinajstić information content (AvgIpc) is 3.06. The number of rotatable bonds is 4. The molecule has 8 heteroatoms. The number of benzene rings is 2.